The van der Waals surface area contributed by atoms with E-state index in [0.717, 1.165) is 29.7 Å². The van der Waals surface area contributed by atoms with E-state index in [1.54, 1.807) is 6.07 Å². The summed E-state index contributed by atoms with van der Waals surface area (Å²) in [7, 11) is 0. The summed E-state index contributed by atoms with van der Waals surface area (Å²) < 4.78 is 1.10. The molecule has 2 heterocycles. The van der Waals surface area contributed by atoms with Crippen LogP contribution in [0.15, 0.2) is 46.9 Å². The maximum absolute atomic E-state index is 8.99. The fourth-order valence-electron chi connectivity index (χ4n) is 2.75. The molecular weight excluding hydrogens is 314 g/mol. The zero-order valence-corrected chi connectivity index (χ0v) is 12.5. The minimum absolute atomic E-state index is 0.342. The minimum atomic E-state index is 0.342. The Morgan fingerprint density at radius 3 is 2.90 bits per heavy atom. The predicted molar refractivity (Wildman–Crippen MR) is 82.4 cm³/mol. The normalized spacial score (nSPS) is 18.0. The van der Waals surface area contributed by atoms with E-state index >= 15 is 0 Å². The summed E-state index contributed by atoms with van der Waals surface area (Å²) in [6, 6.07) is 16.5. The lowest BCUT2D eigenvalue weighted by atomic mass is 10.0. The lowest BCUT2D eigenvalue weighted by molar-refractivity contribution is 0.711. The van der Waals surface area contributed by atoms with Crippen molar-refractivity contribution in [1.82, 2.24) is 4.98 Å². The molecule has 1 aliphatic heterocycles. The van der Waals surface area contributed by atoms with Crippen LogP contribution in [-0.4, -0.2) is 11.5 Å². The molecule has 3 rings (SSSR count). The number of anilines is 1. The zero-order chi connectivity index (χ0) is 13.9. The van der Waals surface area contributed by atoms with Crippen molar-refractivity contribution in [1.29, 1.82) is 5.26 Å². The Bertz CT molecular complexity index is 663. The lowest BCUT2D eigenvalue weighted by Gasteiger charge is -2.26. The molecule has 1 aromatic heterocycles. The van der Waals surface area contributed by atoms with Crippen LogP contribution >= 0.6 is 15.9 Å². The van der Waals surface area contributed by atoms with Crippen molar-refractivity contribution in [3.05, 3.63) is 58.2 Å². The summed E-state index contributed by atoms with van der Waals surface area (Å²) in [6.45, 7) is 0.985. The third-order valence-electron chi connectivity index (χ3n) is 3.63. The van der Waals surface area contributed by atoms with Gasteiger partial charge in [0.05, 0.1) is 6.04 Å². The SMILES string of the molecule is N#Cc1cccc(N2CCCC2c2cccc(Br)c2)n1. The number of nitriles is 1. The van der Waals surface area contributed by atoms with Crippen molar-refractivity contribution in [2.75, 3.05) is 11.4 Å². The molecule has 0 bridgehead atoms. The van der Waals surface area contributed by atoms with Crippen molar-refractivity contribution in [3.63, 3.8) is 0 Å². The molecule has 2 aromatic rings. The summed E-state index contributed by atoms with van der Waals surface area (Å²) in [5, 5.41) is 8.99. The average Bonchev–Trinajstić information content (AvgIpc) is 2.97. The second kappa shape index (κ2) is 5.64. The Morgan fingerprint density at radius 1 is 1.25 bits per heavy atom. The van der Waals surface area contributed by atoms with Gasteiger partial charge in [0.2, 0.25) is 0 Å². The number of nitrogens with zero attached hydrogens (tertiary/aromatic N) is 3. The molecular formula is C16H14BrN3. The van der Waals surface area contributed by atoms with E-state index in [1.165, 1.54) is 5.56 Å². The second-order valence-corrected chi connectivity index (χ2v) is 5.81. The van der Waals surface area contributed by atoms with Gasteiger partial charge in [-0.3, -0.25) is 0 Å². The van der Waals surface area contributed by atoms with Crippen molar-refractivity contribution in [3.8, 4) is 6.07 Å². The summed E-state index contributed by atoms with van der Waals surface area (Å²) >= 11 is 3.53. The third-order valence-corrected chi connectivity index (χ3v) is 4.12. The Labute approximate surface area is 127 Å². The fourth-order valence-corrected chi connectivity index (χ4v) is 3.16. The van der Waals surface area contributed by atoms with Crippen LogP contribution in [0.2, 0.25) is 0 Å². The molecule has 20 heavy (non-hydrogen) atoms. The van der Waals surface area contributed by atoms with E-state index in [4.69, 9.17) is 5.26 Å². The Kier molecular flexibility index (Phi) is 3.70. The maximum atomic E-state index is 8.99. The number of benzene rings is 1. The maximum Gasteiger partial charge on any atom is 0.142 e. The molecule has 1 unspecified atom stereocenters. The first-order valence-electron chi connectivity index (χ1n) is 6.67. The number of halogens is 1. The standard InChI is InChI=1S/C16H14BrN3/c17-13-5-1-4-12(10-13)15-7-3-9-20(15)16-8-2-6-14(11-18)19-16/h1-2,4-6,8,10,15H,3,7,9H2. The highest BCUT2D eigenvalue weighted by Gasteiger charge is 2.27. The van der Waals surface area contributed by atoms with Crippen LogP contribution in [0.3, 0.4) is 0 Å². The molecule has 100 valence electrons. The monoisotopic (exact) mass is 327 g/mol. The van der Waals surface area contributed by atoms with Crippen molar-refractivity contribution < 1.29 is 0 Å². The topological polar surface area (TPSA) is 39.9 Å². The molecule has 1 aliphatic rings. The summed E-state index contributed by atoms with van der Waals surface area (Å²) in [6.07, 6.45) is 2.27. The second-order valence-electron chi connectivity index (χ2n) is 4.90. The van der Waals surface area contributed by atoms with Gasteiger partial charge < -0.3 is 4.90 Å². The van der Waals surface area contributed by atoms with Crippen molar-refractivity contribution in [2.45, 2.75) is 18.9 Å². The van der Waals surface area contributed by atoms with Gasteiger partial charge in [0.1, 0.15) is 17.6 Å². The highest BCUT2D eigenvalue weighted by molar-refractivity contribution is 9.10. The highest BCUT2D eigenvalue weighted by Crippen LogP contribution is 2.35. The molecule has 1 aromatic carbocycles. The van der Waals surface area contributed by atoms with Crippen molar-refractivity contribution >= 4 is 21.7 Å². The van der Waals surface area contributed by atoms with Crippen LogP contribution in [0.5, 0.6) is 0 Å². The number of hydrogen-bond donors (Lipinski definition) is 0. The molecule has 0 radical (unpaired) electrons. The Hall–Kier alpha value is -1.86. The van der Waals surface area contributed by atoms with Gasteiger partial charge in [0.15, 0.2) is 0 Å². The molecule has 1 fully saturated rings. The first-order valence-corrected chi connectivity index (χ1v) is 7.46. The summed E-state index contributed by atoms with van der Waals surface area (Å²) in [4.78, 5) is 6.72. The van der Waals surface area contributed by atoms with E-state index in [-0.39, 0.29) is 0 Å². The van der Waals surface area contributed by atoms with E-state index in [9.17, 15) is 0 Å². The quantitative estimate of drug-likeness (QED) is 0.835. The van der Waals surface area contributed by atoms with Gasteiger partial charge in [0.25, 0.3) is 0 Å². The van der Waals surface area contributed by atoms with Crippen LogP contribution in [0, 0.1) is 11.3 Å². The summed E-state index contributed by atoms with van der Waals surface area (Å²) in [5.41, 5.74) is 1.77. The Morgan fingerprint density at radius 2 is 2.10 bits per heavy atom. The minimum Gasteiger partial charge on any atom is -0.350 e. The zero-order valence-electron chi connectivity index (χ0n) is 11.0. The molecule has 0 aliphatic carbocycles. The molecule has 1 saturated heterocycles. The number of rotatable bonds is 2. The van der Waals surface area contributed by atoms with E-state index < -0.39 is 0 Å². The van der Waals surface area contributed by atoms with Crippen molar-refractivity contribution in [2.24, 2.45) is 0 Å². The van der Waals surface area contributed by atoms with Gasteiger partial charge in [-0.1, -0.05) is 34.1 Å². The van der Waals surface area contributed by atoms with Crippen LogP contribution < -0.4 is 4.90 Å². The predicted octanol–water partition coefficient (Wildman–Crippen LogP) is 4.06. The van der Waals surface area contributed by atoms with E-state index in [2.05, 4.69) is 50.1 Å². The average molecular weight is 328 g/mol. The number of pyridine rings is 1. The lowest BCUT2D eigenvalue weighted by Crippen LogP contribution is -2.23. The number of aromatic nitrogens is 1. The Balaban J connectivity index is 1.94. The van der Waals surface area contributed by atoms with E-state index in [1.807, 2.05) is 18.2 Å². The van der Waals surface area contributed by atoms with Gasteiger partial charge in [-0.05, 0) is 42.7 Å². The summed E-state index contributed by atoms with van der Waals surface area (Å²) in [5.74, 6) is 0.895. The first-order chi connectivity index (χ1) is 9.78. The van der Waals surface area contributed by atoms with Gasteiger partial charge >= 0.3 is 0 Å². The van der Waals surface area contributed by atoms with E-state index in [0.29, 0.717) is 11.7 Å². The smallest absolute Gasteiger partial charge is 0.142 e. The van der Waals surface area contributed by atoms with Crippen LogP contribution in [-0.2, 0) is 0 Å². The molecule has 3 nitrogen and oxygen atoms in total. The largest absolute Gasteiger partial charge is 0.350 e. The van der Waals surface area contributed by atoms with Gasteiger partial charge in [-0.2, -0.15) is 5.26 Å². The molecule has 0 saturated carbocycles. The first kappa shape index (κ1) is 13.1. The molecule has 4 heteroatoms. The number of hydrogen-bond acceptors (Lipinski definition) is 3. The van der Waals surface area contributed by atoms with Crippen LogP contribution in [0.1, 0.15) is 30.1 Å². The highest BCUT2D eigenvalue weighted by atomic mass is 79.9. The fraction of sp³-hybridized carbons (Fsp3) is 0.250. The molecule has 1 atom stereocenters. The van der Waals surface area contributed by atoms with Gasteiger partial charge in [-0.15, -0.1) is 0 Å². The molecule has 0 amide bonds. The molecule has 0 N–H and O–H groups in total. The van der Waals surface area contributed by atoms with Gasteiger partial charge in [-0.25, -0.2) is 4.98 Å². The van der Waals surface area contributed by atoms with Crippen LogP contribution in [0.25, 0.3) is 0 Å². The van der Waals surface area contributed by atoms with Gasteiger partial charge in [0, 0.05) is 11.0 Å². The molecule has 0 spiro atoms. The van der Waals surface area contributed by atoms with Crippen LogP contribution in [0.4, 0.5) is 5.82 Å². The third kappa shape index (κ3) is 2.54.